The van der Waals surface area contributed by atoms with Gasteiger partial charge in [-0.05, 0) is 31.6 Å². The Morgan fingerprint density at radius 2 is 1.19 bits per heavy atom. The summed E-state index contributed by atoms with van der Waals surface area (Å²) in [7, 11) is 0. The van der Waals surface area contributed by atoms with Crippen LogP contribution in [0.5, 0.6) is 0 Å². The first-order valence-corrected chi connectivity index (χ1v) is 12.0. The van der Waals surface area contributed by atoms with Gasteiger partial charge in [0.25, 0.3) is 0 Å². The molecule has 0 radical (unpaired) electrons. The van der Waals surface area contributed by atoms with Gasteiger partial charge in [-0.2, -0.15) is 0 Å². The monoisotopic (exact) mass is 380 g/mol. The number of rotatable bonds is 21. The molecule has 2 nitrogen and oxygen atoms in total. The van der Waals surface area contributed by atoms with Gasteiger partial charge in [0.2, 0.25) is 0 Å². The van der Waals surface area contributed by atoms with Gasteiger partial charge in [-0.15, -0.1) is 0 Å². The molecule has 0 aromatic rings. The molecule has 160 valence electrons. The molecule has 0 aliphatic rings. The van der Waals surface area contributed by atoms with Crippen molar-refractivity contribution in [3.05, 3.63) is 12.2 Å². The number of carboxylic acids is 1. The number of unbranched alkanes of at least 4 members (excludes halogenated alkanes) is 15. The number of carbonyl (C=O) groups is 1. The summed E-state index contributed by atoms with van der Waals surface area (Å²) in [4.78, 5) is 10.4. The van der Waals surface area contributed by atoms with Crippen LogP contribution in [0.2, 0.25) is 0 Å². The fraction of sp³-hybridized carbons (Fsp3) is 0.880. The second-order valence-electron chi connectivity index (χ2n) is 8.43. The lowest BCUT2D eigenvalue weighted by Crippen LogP contribution is -1.93. The second kappa shape index (κ2) is 21.5. The molecule has 0 fully saturated rings. The fourth-order valence-electron chi connectivity index (χ4n) is 3.61. The lowest BCUT2D eigenvalue weighted by molar-refractivity contribution is -0.137. The van der Waals surface area contributed by atoms with E-state index in [1.54, 1.807) is 0 Å². The Bertz CT molecular complexity index is 335. The van der Waals surface area contributed by atoms with Gasteiger partial charge in [-0.25, -0.2) is 0 Å². The minimum Gasteiger partial charge on any atom is -0.481 e. The van der Waals surface area contributed by atoms with E-state index in [1.807, 2.05) is 0 Å². The summed E-state index contributed by atoms with van der Waals surface area (Å²) in [6.45, 7) is 4.61. The minimum absolute atomic E-state index is 0.342. The normalized spacial score (nSPS) is 12.7. The van der Waals surface area contributed by atoms with Crippen molar-refractivity contribution < 1.29 is 9.90 Å². The van der Waals surface area contributed by atoms with E-state index in [-0.39, 0.29) is 0 Å². The molecule has 0 bridgehead atoms. The predicted molar refractivity (Wildman–Crippen MR) is 119 cm³/mol. The maximum Gasteiger partial charge on any atom is 0.303 e. The van der Waals surface area contributed by atoms with Gasteiger partial charge in [0.1, 0.15) is 0 Å². The van der Waals surface area contributed by atoms with Crippen molar-refractivity contribution in [1.29, 1.82) is 0 Å². The lowest BCUT2D eigenvalue weighted by atomic mass is 10.0. The summed E-state index contributed by atoms with van der Waals surface area (Å²) in [6.07, 6.45) is 28.8. The Morgan fingerprint density at radius 1 is 0.741 bits per heavy atom. The van der Waals surface area contributed by atoms with Crippen LogP contribution in [0.1, 0.15) is 136 Å². The molecule has 0 amide bonds. The van der Waals surface area contributed by atoms with Gasteiger partial charge in [-0.1, -0.05) is 116 Å². The lowest BCUT2D eigenvalue weighted by Gasteiger charge is -2.04. The second-order valence-corrected chi connectivity index (χ2v) is 8.43. The Morgan fingerprint density at radius 3 is 1.63 bits per heavy atom. The van der Waals surface area contributed by atoms with Crippen LogP contribution in [-0.2, 0) is 4.79 Å². The highest BCUT2D eigenvalue weighted by atomic mass is 16.4. The molecule has 0 aliphatic carbocycles. The first-order valence-electron chi connectivity index (χ1n) is 12.0. The standard InChI is InChI=1S/C25H48O2/c1-3-4-21-24(2)22-19-17-15-13-11-9-7-5-6-8-10-12-14-16-18-20-23-25(26)27/h19,22,24H,3-18,20-21,23H2,1-2H3,(H,26,27). The summed E-state index contributed by atoms with van der Waals surface area (Å²) < 4.78 is 0. The van der Waals surface area contributed by atoms with Crippen LogP contribution in [0, 0.1) is 5.92 Å². The summed E-state index contributed by atoms with van der Waals surface area (Å²) in [5, 5.41) is 8.58. The zero-order valence-corrected chi connectivity index (χ0v) is 18.5. The molecule has 0 aromatic carbocycles. The van der Waals surface area contributed by atoms with Gasteiger partial charge in [0.15, 0.2) is 0 Å². The zero-order chi connectivity index (χ0) is 20.0. The average Bonchev–Trinajstić information content (AvgIpc) is 2.65. The molecule has 0 rings (SSSR count). The molecule has 2 heteroatoms. The maximum absolute atomic E-state index is 10.4. The smallest absolute Gasteiger partial charge is 0.303 e. The number of carboxylic acid groups (broad SMARTS) is 1. The van der Waals surface area contributed by atoms with Crippen molar-refractivity contribution in [3.63, 3.8) is 0 Å². The highest BCUT2D eigenvalue weighted by Gasteiger charge is 1.97. The van der Waals surface area contributed by atoms with Crippen molar-refractivity contribution in [2.24, 2.45) is 5.92 Å². The molecule has 1 atom stereocenters. The molecule has 0 aromatic heterocycles. The van der Waals surface area contributed by atoms with E-state index in [2.05, 4.69) is 26.0 Å². The Balaban J connectivity index is 3.12. The minimum atomic E-state index is -0.653. The van der Waals surface area contributed by atoms with E-state index in [1.165, 1.54) is 103 Å². The quantitative estimate of drug-likeness (QED) is 0.160. The van der Waals surface area contributed by atoms with E-state index < -0.39 is 5.97 Å². The average molecular weight is 381 g/mol. The summed E-state index contributed by atoms with van der Waals surface area (Å²) in [5.74, 6) is 0.112. The molecule has 0 heterocycles. The highest BCUT2D eigenvalue weighted by molar-refractivity contribution is 5.66. The summed E-state index contributed by atoms with van der Waals surface area (Å²) >= 11 is 0. The van der Waals surface area contributed by atoms with Crippen LogP contribution >= 0.6 is 0 Å². The third kappa shape index (κ3) is 23.2. The number of hydrogen-bond acceptors (Lipinski definition) is 1. The first kappa shape index (κ1) is 26.2. The van der Waals surface area contributed by atoms with E-state index in [0.29, 0.717) is 6.42 Å². The summed E-state index contributed by atoms with van der Waals surface area (Å²) in [6, 6.07) is 0. The Hall–Kier alpha value is -0.790. The van der Waals surface area contributed by atoms with E-state index in [4.69, 9.17) is 5.11 Å². The molecule has 0 saturated carbocycles. The maximum atomic E-state index is 10.4. The molecular formula is C25H48O2. The van der Waals surface area contributed by atoms with E-state index in [0.717, 1.165) is 18.8 Å². The van der Waals surface area contributed by atoms with Crippen molar-refractivity contribution in [2.45, 2.75) is 136 Å². The van der Waals surface area contributed by atoms with Crippen LogP contribution in [-0.4, -0.2) is 11.1 Å². The highest BCUT2D eigenvalue weighted by Crippen LogP contribution is 2.14. The molecule has 1 N–H and O–H groups in total. The predicted octanol–water partition coefficient (Wildman–Crippen LogP) is 8.70. The fourth-order valence-corrected chi connectivity index (χ4v) is 3.61. The third-order valence-corrected chi connectivity index (χ3v) is 5.49. The molecule has 0 saturated heterocycles. The van der Waals surface area contributed by atoms with Gasteiger partial charge < -0.3 is 5.11 Å². The van der Waals surface area contributed by atoms with E-state index >= 15 is 0 Å². The van der Waals surface area contributed by atoms with E-state index in [9.17, 15) is 4.79 Å². The van der Waals surface area contributed by atoms with Crippen LogP contribution < -0.4 is 0 Å². The van der Waals surface area contributed by atoms with Crippen LogP contribution in [0.3, 0.4) is 0 Å². The largest absolute Gasteiger partial charge is 0.481 e. The third-order valence-electron chi connectivity index (χ3n) is 5.49. The first-order chi connectivity index (χ1) is 13.2. The molecular weight excluding hydrogens is 332 g/mol. The summed E-state index contributed by atoms with van der Waals surface area (Å²) in [5.41, 5.74) is 0. The topological polar surface area (TPSA) is 37.3 Å². The van der Waals surface area contributed by atoms with Crippen molar-refractivity contribution in [3.8, 4) is 0 Å². The number of hydrogen-bond donors (Lipinski definition) is 1. The molecule has 0 spiro atoms. The van der Waals surface area contributed by atoms with Crippen molar-refractivity contribution in [2.75, 3.05) is 0 Å². The van der Waals surface area contributed by atoms with Gasteiger partial charge in [0.05, 0.1) is 0 Å². The van der Waals surface area contributed by atoms with Gasteiger partial charge >= 0.3 is 5.97 Å². The molecule has 0 aliphatic heterocycles. The van der Waals surface area contributed by atoms with Crippen LogP contribution in [0.25, 0.3) is 0 Å². The van der Waals surface area contributed by atoms with Gasteiger partial charge in [-0.3, -0.25) is 4.79 Å². The van der Waals surface area contributed by atoms with Crippen molar-refractivity contribution >= 4 is 5.97 Å². The number of aliphatic carboxylic acids is 1. The molecule has 1 unspecified atom stereocenters. The molecule has 27 heavy (non-hydrogen) atoms. The van der Waals surface area contributed by atoms with Crippen molar-refractivity contribution in [1.82, 2.24) is 0 Å². The zero-order valence-electron chi connectivity index (χ0n) is 18.5. The Labute approximate surface area is 170 Å². The Kier molecular flexibility index (Phi) is 20.9. The number of allylic oxidation sites excluding steroid dienone is 2. The van der Waals surface area contributed by atoms with Crippen LogP contribution in [0.4, 0.5) is 0 Å². The van der Waals surface area contributed by atoms with Gasteiger partial charge in [0, 0.05) is 6.42 Å². The SMILES string of the molecule is CCCCC(C)C=CCCCCCCCCCCCCCCCCC(=O)O. The van der Waals surface area contributed by atoms with Crippen LogP contribution in [0.15, 0.2) is 12.2 Å².